The summed E-state index contributed by atoms with van der Waals surface area (Å²) in [7, 11) is 0. The highest BCUT2D eigenvalue weighted by Gasteiger charge is 2.79. The van der Waals surface area contributed by atoms with Crippen LogP contribution in [0.15, 0.2) is 86.0 Å². The molecular weight excluding hydrogens is 590 g/mol. The number of rotatable bonds is 12. The van der Waals surface area contributed by atoms with Gasteiger partial charge in [0, 0.05) is 24.3 Å². The summed E-state index contributed by atoms with van der Waals surface area (Å²) in [4.78, 5) is 50.1. The number of nitrogens with zero attached hydrogens (tertiary/aromatic N) is 3. The highest BCUT2D eigenvalue weighted by molar-refractivity contribution is 6.03. The maximum Gasteiger partial charge on any atom is 0.249 e. The van der Waals surface area contributed by atoms with Gasteiger partial charge in [0.05, 0.1) is 30.1 Å². The van der Waals surface area contributed by atoms with E-state index in [1.807, 2.05) is 86.3 Å². The number of benzene rings is 2. The van der Waals surface area contributed by atoms with Crippen LogP contribution < -0.4 is 4.90 Å². The molecule has 47 heavy (non-hydrogen) atoms. The molecule has 2 aromatic carbocycles. The standard InChI is InChI=1S/C39H51N3O5/c1-9-23-40(28-19-15-12-16-20-28)33(44)30-31-34(45)42(29(25-43)27-17-13-11-14-18-27)32(39(31)22-21-38(30,8)47-39)35(46)41(24-10-2)37(6,7)26-36(3,4)5/h9-20,29-32,43H,1-2,21-26H2,3-8H3/t29-,30-,31+,32?,38+,39?/m1/s1. The lowest BCUT2D eigenvalue weighted by molar-refractivity contribution is -0.159. The lowest BCUT2D eigenvalue weighted by atomic mass is 9.65. The lowest BCUT2D eigenvalue weighted by Crippen LogP contribution is -2.61. The predicted octanol–water partition coefficient (Wildman–Crippen LogP) is 5.93. The van der Waals surface area contributed by atoms with E-state index in [2.05, 4.69) is 33.9 Å². The number of aliphatic hydroxyl groups excluding tert-OH is 1. The highest BCUT2D eigenvalue weighted by atomic mass is 16.5. The van der Waals surface area contributed by atoms with Crippen LogP contribution in [0, 0.1) is 17.3 Å². The van der Waals surface area contributed by atoms with Crippen molar-refractivity contribution in [3.05, 3.63) is 91.5 Å². The van der Waals surface area contributed by atoms with Crippen LogP contribution in [-0.4, -0.2) is 75.1 Å². The van der Waals surface area contributed by atoms with Crippen molar-refractivity contribution in [3.63, 3.8) is 0 Å². The van der Waals surface area contributed by atoms with E-state index in [9.17, 15) is 9.90 Å². The molecule has 3 heterocycles. The number of hydrogen-bond donors (Lipinski definition) is 1. The average Bonchev–Trinajstić information content (AvgIpc) is 3.59. The average molecular weight is 642 g/mol. The van der Waals surface area contributed by atoms with Crippen LogP contribution in [-0.2, 0) is 19.1 Å². The molecule has 3 saturated heterocycles. The molecule has 1 spiro atoms. The summed E-state index contributed by atoms with van der Waals surface area (Å²) in [5, 5.41) is 10.9. The van der Waals surface area contributed by atoms with Gasteiger partial charge in [-0.05, 0) is 63.1 Å². The molecule has 2 unspecified atom stereocenters. The fourth-order valence-corrected chi connectivity index (χ4v) is 8.92. The first-order chi connectivity index (χ1) is 22.2. The summed E-state index contributed by atoms with van der Waals surface area (Å²) in [5.74, 6) is -2.58. The van der Waals surface area contributed by atoms with E-state index in [1.165, 1.54) is 0 Å². The smallest absolute Gasteiger partial charge is 0.249 e. The van der Waals surface area contributed by atoms with Crippen LogP contribution in [0.1, 0.15) is 72.4 Å². The Morgan fingerprint density at radius 1 is 0.979 bits per heavy atom. The van der Waals surface area contributed by atoms with Gasteiger partial charge < -0.3 is 24.5 Å². The number of amides is 3. The molecule has 1 N–H and O–H groups in total. The number of fused-ring (bicyclic) bond motifs is 1. The molecule has 0 saturated carbocycles. The van der Waals surface area contributed by atoms with Gasteiger partial charge in [-0.1, -0.05) is 81.5 Å². The van der Waals surface area contributed by atoms with E-state index in [4.69, 9.17) is 4.74 Å². The van der Waals surface area contributed by atoms with Crippen molar-refractivity contribution in [1.29, 1.82) is 0 Å². The molecular formula is C39H51N3O5. The first kappa shape index (κ1) is 34.6. The summed E-state index contributed by atoms with van der Waals surface area (Å²) in [5.41, 5.74) is -1.49. The molecule has 5 rings (SSSR count). The molecule has 6 atom stereocenters. The van der Waals surface area contributed by atoms with Crippen molar-refractivity contribution >= 4 is 23.4 Å². The van der Waals surface area contributed by atoms with Gasteiger partial charge in [0.1, 0.15) is 11.6 Å². The number of ether oxygens (including phenoxy) is 1. The summed E-state index contributed by atoms with van der Waals surface area (Å²) in [6.45, 7) is 20.4. The van der Waals surface area contributed by atoms with Crippen LogP contribution in [0.25, 0.3) is 0 Å². The lowest BCUT2D eigenvalue weighted by Gasteiger charge is -2.46. The minimum atomic E-state index is -1.25. The summed E-state index contributed by atoms with van der Waals surface area (Å²) in [6.07, 6.45) is 5.05. The number of anilines is 1. The van der Waals surface area contributed by atoms with Crippen molar-refractivity contribution in [2.45, 2.75) is 89.6 Å². The van der Waals surface area contributed by atoms with Crippen LogP contribution in [0.2, 0.25) is 0 Å². The molecule has 2 bridgehead atoms. The number of aliphatic hydroxyl groups is 1. The molecule has 8 nitrogen and oxygen atoms in total. The van der Waals surface area contributed by atoms with Crippen molar-refractivity contribution in [1.82, 2.24) is 9.80 Å². The van der Waals surface area contributed by atoms with Gasteiger partial charge in [-0.15, -0.1) is 13.2 Å². The molecule has 2 aromatic rings. The fraction of sp³-hybridized carbons (Fsp3) is 0.513. The largest absolute Gasteiger partial charge is 0.394 e. The van der Waals surface area contributed by atoms with E-state index in [-0.39, 0.29) is 36.2 Å². The Labute approximate surface area is 280 Å². The number of likely N-dealkylation sites (tertiary alicyclic amines) is 1. The van der Waals surface area contributed by atoms with Crippen molar-refractivity contribution < 1.29 is 24.2 Å². The molecule has 3 amide bonds. The zero-order valence-corrected chi connectivity index (χ0v) is 28.8. The number of hydrogen-bond acceptors (Lipinski definition) is 5. The highest BCUT2D eigenvalue weighted by Crippen LogP contribution is 2.64. The molecule has 8 heteroatoms. The third-order valence-electron chi connectivity index (χ3n) is 10.3. The topological polar surface area (TPSA) is 90.4 Å². The Morgan fingerprint density at radius 3 is 2.13 bits per heavy atom. The van der Waals surface area contributed by atoms with Gasteiger partial charge in [0.15, 0.2) is 0 Å². The predicted molar refractivity (Wildman–Crippen MR) is 184 cm³/mol. The van der Waals surface area contributed by atoms with Gasteiger partial charge in [-0.3, -0.25) is 14.4 Å². The third-order valence-corrected chi connectivity index (χ3v) is 10.3. The number of carbonyl (C=O) groups excluding carboxylic acids is 3. The maximum atomic E-state index is 15.3. The number of carbonyl (C=O) groups is 3. The second kappa shape index (κ2) is 12.7. The normalized spacial score (nSPS) is 27.3. The Morgan fingerprint density at radius 2 is 1.57 bits per heavy atom. The first-order valence-electron chi connectivity index (χ1n) is 16.7. The van der Waals surface area contributed by atoms with E-state index in [0.29, 0.717) is 30.5 Å². The Balaban J connectivity index is 1.67. The van der Waals surface area contributed by atoms with Crippen LogP contribution in [0.5, 0.6) is 0 Å². The molecule has 252 valence electrons. The summed E-state index contributed by atoms with van der Waals surface area (Å²) < 4.78 is 6.99. The second-order valence-electron chi connectivity index (χ2n) is 15.4. The molecule has 3 aliphatic heterocycles. The first-order valence-corrected chi connectivity index (χ1v) is 16.7. The fourth-order valence-electron chi connectivity index (χ4n) is 8.92. The monoisotopic (exact) mass is 641 g/mol. The van der Waals surface area contributed by atoms with Crippen molar-refractivity contribution in [3.8, 4) is 0 Å². The molecule has 0 radical (unpaired) electrons. The summed E-state index contributed by atoms with van der Waals surface area (Å²) >= 11 is 0. The van der Waals surface area contributed by atoms with Crippen molar-refractivity contribution in [2.24, 2.45) is 17.3 Å². The van der Waals surface area contributed by atoms with Gasteiger partial charge in [-0.25, -0.2) is 0 Å². The zero-order valence-electron chi connectivity index (χ0n) is 28.8. The van der Waals surface area contributed by atoms with Gasteiger partial charge >= 0.3 is 0 Å². The van der Waals surface area contributed by atoms with Gasteiger partial charge in [0.25, 0.3) is 0 Å². The van der Waals surface area contributed by atoms with Crippen molar-refractivity contribution in [2.75, 3.05) is 24.6 Å². The van der Waals surface area contributed by atoms with E-state index < -0.39 is 47.3 Å². The minimum Gasteiger partial charge on any atom is -0.394 e. The Bertz CT molecular complexity index is 1500. The Kier molecular flexibility index (Phi) is 9.34. The SMILES string of the molecule is C=CCN(C(=O)[C@H]1[C@H]2C(=O)N([C@H](CO)c3ccccc3)C(C(=O)N(CC=C)C(C)(C)CC(C)(C)C)C23CC[C@]1(C)O3)c1ccccc1. The van der Waals surface area contributed by atoms with Crippen LogP contribution >= 0.6 is 0 Å². The Hall–Kier alpha value is -3.75. The van der Waals surface area contributed by atoms with E-state index in [1.54, 1.807) is 22.0 Å². The van der Waals surface area contributed by atoms with Gasteiger partial charge in [0.2, 0.25) is 17.7 Å². The van der Waals surface area contributed by atoms with Crippen LogP contribution in [0.3, 0.4) is 0 Å². The number of para-hydroxylation sites is 1. The van der Waals surface area contributed by atoms with E-state index in [0.717, 1.165) is 0 Å². The minimum absolute atomic E-state index is 0.0910. The molecule has 0 aliphatic carbocycles. The summed E-state index contributed by atoms with van der Waals surface area (Å²) in [6, 6.07) is 16.8. The van der Waals surface area contributed by atoms with E-state index >= 15 is 9.59 Å². The third kappa shape index (κ3) is 5.95. The zero-order chi connectivity index (χ0) is 34.4. The van der Waals surface area contributed by atoms with Crippen LogP contribution in [0.4, 0.5) is 5.69 Å². The second-order valence-corrected chi connectivity index (χ2v) is 15.4. The van der Waals surface area contributed by atoms with Gasteiger partial charge in [-0.2, -0.15) is 0 Å². The molecule has 3 fully saturated rings. The quantitative estimate of drug-likeness (QED) is 0.290. The molecule has 0 aromatic heterocycles. The maximum absolute atomic E-state index is 15.3. The molecule has 3 aliphatic rings.